The average molecular weight is 199 g/mol. The molecule has 0 spiro atoms. The molecule has 1 aliphatic carbocycles. The zero-order chi connectivity index (χ0) is 9.80. The lowest BCUT2D eigenvalue weighted by atomic mass is 9.93. The maximum Gasteiger partial charge on any atom is 0.0700 e. The second-order valence-electron chi connectivity index (χ2n) is 4.56. The molecule has 3 heteroatoms. The molecule has 1 saturated heterocycles. The fourth-order valence-corrected chi connectivity index (χ4v) is 2.45. The summed E-state index contributed by atoms with van der Waals surface area (Å²) in [6.07, 6.45) is 7.03. The van der Waals surface area contributed by atoms with Crippen LogP contribution in [0.25, 0.3) is 0 Å². The lowest BCUT2D eigenvalue weighted by Gasteiger charge is -2.27. The summed E-state index contributed by atoms with van der Waals surface area (Å²) in [6, 6.07) is 0.517. The van der Waals surface area contributed by atoms with Gasteiger partial charge in [-0.15, -0.1) is 0 Å². The van der Waals surface area contributed by atoms with Crippen LogP contribution in [-0.2, 0) is 4.74 Å². The first-order chi connectivity index (χ1) is 6.84. The van der Waals surface area contributed by atoms with Crippen LogP contribution in [0.5, 0.6) is 0 Å². The second kappa shape index (κ2) is 5.10. The third-order valence-electron chi connectivity index (χ3n) is 3.30. The van der Waals surface area contributed by atoms with E-state index in [1.165, 1.54) is 19.3 Å². The highest BCUT2D eigenvalue weighted by molar-refractivity contribution is 4.79. The van der Waals surface area contributed by atoms with Crippen LogP contribution in [-0.4, -0.2) is 36.5 Å². The minimum absolute atomic E-state index is 0.0780. The maximum atomic E-state index is 9.50. The van der Waals surface area contributed by atoms with Gasteiger partial charge in [0.15, 0.2) is 0 Å². The van der Waals surface area contributed by atoms with Crippen LogP contribution in [0.3, 0.4) is 0 Å². The van der Waals surface area contributed by atoms with Gasteiger partial charge < -0.3 is 15.2 Å². The molecule has 1 heterocycles. The van der Waals surface area contributed by atoms with Crippen LogP contribution in [0.15, 0.2) is 0 Å². The number of aliphatic hydroxyl groups is 1. The molecule has 0 amide bonds. The van der Waals surface area contributed by atoms with Gasteiger partial charge in [0, 0.05) is 19.2 Å². The summed E-state index contributed by atoms with van der Waals surface area (Å²) in [6.45, 7) is 1.90. The quantitative estimate of drug-likeness (QED) is 0.714. The van der Waals surface area contributed by atoms with E-state index in [0.29, 0.717) is 12.1 Å². The Morgan fingerprint density at radius 2 is 2.14 bits per heavy atom. The van der Waals surface area contributed by atoms with Crippen molar-refractivity contribution in [3.63, 3.8) is 0 Å². The van der Waals surface area contributed by atoms with E-state index >= 15 is 0 Å². The normalized spacial score (nSPS) is 38.8. The lowest BCUT2D eigenvalue weighted by molar-refractivity contribution is 0.0882. The predicted molar refractivity (Wildman–Crippen MR) is 55.2 cm³/mol. The topological polar surface area (TPSA) is 41.5 Å². The van der Waals surface area contributed by atoms with Gasteiger partial charge >= 0.3 is 0 Å². The molecule has 0 aromatic heterocycles. The molecular weight excluding hydrogens is 178 g/mol. The first-order valence-electron chi connectivity index (χ1n) is 5.87. The maximum absolute atomic E-state index is 9.50. The third kappa shape index (κ3) is 2.94. The van der Waals surface area contributed by atoms with Crippen molar-refractivity contribution in [2.75, 3.05) is 13.2 Å². The highest BCUT2D eigenvalue weighted by atomic mass is 16.5. The Bertz CT molecular complexity index is 169. The van der Waals surface area contributed by atoms with Crippen LogP contribution >= 0.6 is 0 Å². The van der Waals surface area contributed by atoms with Crippen LogP contribution < -0.4 is 5.32 Å². The van der Waals surface area contributed by atoms with Crippen LogP contribution in [0.2, 0.25) is 0 Å². The number of nitrogens with one attached hydrogen (secondary N) is 1. The second-order valence-corrected chi connectivity index (χ2v) is 4.56. The third-order valence-corrected chi connectivity index (χ3v) is 3.30. The van der Waals surface area contributed by atoms with E-state index < -0.39 is 0 Å². The van der Waals surface area contributed by atoms with Gasteiger partial charge in [-0.25, -0.2) is 0 Å². The number of ether oxygens (including phenoxy) is 1. The molecule has 14 heavy (non-hydrogen) atoms. The molecule has 1 saturated carbocycles. The molecule has 3 unspecified atom stereocenters. The molecule has 0 bridgehead atoms. The summed E-state index contributed by atoms with van der Waals surface area (Å²) in [5.74, 6) is 0. The van der Waals surface area contributed by atoms with Crippen LogP contribution in [0, 0.1) is 0 Å². The lowest BCUT2D eigenvalue weighted by Crippen LogP contribution is -2.39. The van der Waals surface area contributed by atoms with Crippen LogP contribution in [0.4, 0.5) is 0 Å². The van der Waals surface area contributed by atoms with Gasteiger partial charge in [0.2, 0.25) is 0 Å². The monoisotopic (exact) mass is 199 g/mol. The SMILES string of the molecule is OC1CCCC(NCC2CCCO2)C1. The van der Waals surface area contributed by atoms with Crippen molar-refractivity contribution in [3.8, 4) is 0 Å². The minimum Gasteiger partial charge on any atom is -0.393 e. The van der Waals surface area contributed by atoms with Crippen molar-refractivity contribution in [3.05, 3.63) is 0 Å². The summed E-state index contributed by atoms with van der Waals surface area (Å²) in [5, 5.41) is 13.0. The molecule has 0 aromatic carbocycles. The Morgan fingerprint density at radius 1 is 1.21 bits per heavy atom. The van der Waals surface area contributed by atoms with Crippen molar-refractivity contribution in [2.24, 2.45) is 0 Å². The standard InChI is InChI=1S/C11H21NO2/c13-10-4-1-3-9(7-10)12-8-11-5-2-6-14-11/h9-13H,1-8H2. The number of hydrogen-bond donors (Lipinski definition) is 2. The molecule has 3 nitrogen and oxygen atoms in total. The molecule has 2 fully saturated rings. The van der Waals surface area contributed by atoms with Gasteiger partial charge in [-0.1, -0.05) is 0 Å². The fourth-order valence-electron chi connectivity index (χ4n) is 2.45. The average Bonchev–Trinajstić information content (AvgIpc) is 2.67. The first kappa shape index (κ1) is 10.4. The zero-order valence-corrected chi connectivity index (χ0v) is 8.74. The van der Waals surface area contributed by atoms with Crippen molar-refractivity contribution >= 4 is 0 Å². The van der Waals surface area contributed by atoms with E-state index in [-0.39, 0.29) is 6.10 Å². The van der Waals surface area contributed by atoms with E-state index in [0.717, 1.165) is 32.4 Å². The van der Waals surface area contributed by atoms with E-state index in [1.54, 1.807) is 0 Å². The molecule has 2 N–H and O–H groups in total. The van der Waals surface area contributed by atoms with Crippen LogP contribution in [0.1, 0.15) is 38.5 Å². The molecule has 2 rings (SSSR count). The predicted octanol–water partition coefficient (Wildman–Crippen LogP) is 1.06. The molecule has 0 aromatic rings. The van der Waals surface area contributed by atoms with E-state index in [4.69, 9.17) is 4.74 Å². The van der Waals surface area contributed by atoms with Gasteiger partial charge in [-0.05, 0) is 38.5 Å². The van der Waals surface area contributed by atoms with Gasteiger partial charge in [-0.2, -0.15) is 0 Å². The Kier molecular flexibility index (Phi) is 3.79. The molecule has 3 atom stereocenters. The Hall–Kier alpha value is -0.120. The summed E-state index contributed by atoms with van der Waals surface area (Å²) >= 11 is 0. The van der Waals surface area contributed by atoms with E-state index in [2.05, 4.69) is 5.32 Å². The smallest absolute Gasteiger partial charge is 0.0700 e. The number of hydrogen-bond acceptors (Lipinski definition) is 3. The molecule has 82 valence electrons. The first-order valence-corrected chi connectivity index (χ1v) is 5.87. The van der Waals surface area contributed by atoms with Gasteiger partial charge in [0.05, 0.1) is 12.2 Å². The fraction of sp³-hybridized carbons (Fsp3) is 1.00. The van der Waals surface area contributed by atoms with Gasteiger partial charge in [-0.3, -0.25) is 0 Å². The summed E-state index contributed by atoms with van der Waals surface area (Å²) in [5.41, 5.74) is 0. The summed E-state index contributed by atoms with van der Waals surface area (Å²) in [7, 11) is 0. The highest BCUT2D eigenvalue weighted by Crippen LogP contribution is 2.19. The summed E-state index contributed by atoms with van der Waals surface area (Å²) in [4.78, 5) is 0. The number of aliphatic hydroxyl groups excluding tert-OH is 1. The molecular formula is C11H21NO2. The molecule has 0 radical (unpaired) electrons. The molecule has 2 aliphatic rings. The Balaban J connectivity index is 1.64. The van der Waals surface area contributed by atoms with Gasteiger partial charge in [0.1, 0.15) is 0 Å². The van der Waals surface area contributed by atoms with Crippen molar-refractivity contribution in [1.29, 1.82) is 0 Å². The highest BCUT2D eigenvalue weighted by Gasteiger charge is 2.22. The van der Waals surface area contributed by atoms with E-state index in [9.17, 15) is 5.11 Å². The Morgan fingerprint density at radius 3 is 2.86 bits per heavy atom. The largest absolute Gasteiger partial charge is 0.393 e. The minimum atomic E-state index is -0.0780. The van der Waals surface area contributed by atoms with Crippen molar-refractivity contribution in [2.45, 2.75) is 56.8 Å². The number of rotatable bonds is 3. The summed E-state index contributed by atoms with van der Waals surface area (Å²) < 4.78 is 5.55. The van der Waals surface area contributed by atoms with E-state index in [1.807, 2.05) is 0 Å². The molecule has 1 aliphatic heterocycles. The zero-order valence-electron chi connectivity index (χ0n) is 8.74. The van der Waals surface area contributed by atoms with Crippen molar-refractivity contribution < 1.29 is 9.84 Å². The van der Waals surface area contributed by atoms with Gasteiger partial charge in [0.25, 0.3) is 0 Å². The van der Waals surface area contributed by atoms with Crippen molar-refractivity contribution in [1.82, 2.24) is 5.32 Å². The Labute approximate surface area is 85.8 Å².